The number of hydrogen-bond acceptors (Lipinski definition) is 2. The minimum absolute atomic E-state index is 0.109. The third-order valence-corrected chi connectivity index (χ3v) is 3.24. The van der Waals surface area contributed by atoms with E-state index in [4.69, 9.17) is 5.73 Å². The second-order valence-corrected chi connectivity index (χ2v) is 4.69. The fourth-order valence-electron chi connectivity index (χ4n) is 2.24. The second kappa shape index (κ2) is 5.14. The molecule has 1 aromatic heterocycles. The van der Waals surface area contributed by atoms with Gasteiger partial charge in [0.1, 0.15) is 5.82 Å². The summed E-state index contributed by atoms with van der Waals surface area (Å²) in [4.78, 5) is 15.7. The summed E-state index contributed by atoms with van der Waals surface area (Å²) in [5.41, 5.74) is 4.98. The van der Waals surface area contributed by atoms with E-state index in [1.54, 1.807) is 24.3 Å². The van der Waals surface area contributed by atoms with E-state index in [0.29, 0.717) is 17.0 Å². The van der Waals surface area contributed by atoms with E-state index in [0.717, 1.165) is 6.07 Å². The van der Waals surface area contributed by atoms with E-state index in [1.807, 2.05) is 0 Å². The van der Waals surface area contributed by atoms with Crippen LogP contribution < -0.4 is 5.73 Å². The van der Waals surface area contributed by atoms with Gasteiger partial charge in [0.15, 0.2) is 11.6 Å². The molecule has 3 aromatic rings. The molecule has 2 N–H and O–H groups in total. The van der Waals surface area contributed by atoms with Gasteiger partial charge in [0.05, 0.1) is 16.8 Å². The molecule has 1 amide bonds. The van der Waals surface area contributed by atoms with Crippen molar-refractivity contribution in [1.29, 1.82) is 0 Å². The standard InChI is InChI=1S/C16H9F3N2O/c17-9-6-10(14(19)12(18)7-9)15-11(16(20)22)5-8-3-1-2-4-13(8)21-15/h1-7H,(H2,20,22). The van der Waals surface area contributed by atoms with Crippen molar-refractivity contribution < 1.29 is 18.0 Å². The number of pyridine rings is 1. The predicted octanol–water partition coefficient (Wildman–Crippen LogP) is 3.42. The van der Waals surface area contributed by atoms with Gasteiger partial charge in [-0.3, -0.25) is 4.79 Å². The normalized spacial score (nSPS) is 10.9. The van der Waals surface area contributed by atoms with Crippen molar-refractivity contribution in [1.82, 2.24) is 4.98 Å². The number of rotatable bonds is 2. The van der Waals surface area contributed by atoms with Crippen LogP contribution in [0.3, 0.4) is 0 Å². The molecule has 110 valence electrons. The van der Waals surface area contributed by atoms with Crippen LogP contribution in [0, 0.1) is 17.5 Å². The van der Waals surface area contributed by atoms with Gasteiger partial charge in [-0.25, -0.2) is 18.2 Å². The number of carbonyl (C=O) groups excluding carboxylic acids is 1. The van der Waals surface area contributed by atoms with Gasteiger partial charge in [-0.1, -0.05) is 18.2 Å². The number of aromatic nitrogens is 1. The molecule has 0 atom stereocenters. The van der Waals surface area contributed by atoms with Crippen LogP contribution in [-0.2, 0) is 0 Å². The van der Waals surface area contributed by atoms with Gasteiger partial charge in [-0.2, -0.15) is 0 Å². The third-order valence-electron chi connectivity index (χ3n) is 3.24. The van der Waals surface area contributed by atoms with E-state index in [9.17, 15) is 18.0 Å². The molecule has 0 bridgehead atoms. The number of nitrogens with zero attached hydrogens (tertiary/aromatic N) is 1. The van der Waals surface area contributed by atoms with E-state index >= 15 is 0 Å². The van der Waals surface area contributed by atoms with E-state index < -0.39 is 28.9 Å². The maximum Gasteiger partial charge on any atom is 0.250 e. The largest absolute Gasteiger partial charge is 0.366 e. The smallest absolute Gasteiger partial charge is 0.250 e. The Morgan fingerprint density at radius 3 is 2.50 bits per heavy atom. The summed E-state index contributed by atoms with van der Waals surface area (Å²) in [7, 11) is 0. The van der Waals surface area contributed by atoms with Gasteiger partial charge >= 0.3 is 0 Å². The number of primary amides is 1. The van der Waals surface area contributed by atoms with Gasteiger partial charge in [0.2, 0.25) is 0 Å². The van der Waals surface area contributed by atoms with Crippen LogP contribution in [0.15, 0.2) is 42.5 Å². The molecule has 2 aromatic carbocycles. The first-order valence-electron chi connectivity index (χ1n) is 6.32. The number of hydrogen-bond donors (Lipinski definition) is 1. The Bertz CT molecular complexity index is 909. The Balaban J connectivity index is 2.39. The van der Waals surface area contributed by atoms with Crippen molar-refractivity contribution in [3.05, 3.63) is 65.5 Å². The predicted molar refractivity (Wildman–Crippen MR) is 75.6 cm³/mol. The molecule has 0 aliphatic heterocycles. The van der Waals surface area contributed by atoms with Crippen LogP contribution in [-0.4, -0.2) is 10.9 Å². The van der Waals surface area contributed by atoms with Crippen LogP contribution in [0.2, 0.25) is 0 Å². The average Bonchev–Trinajstić information content (AvgIpc) is 2.49. The third kappa shape index (κ3) is 2.28. The first kappa shape index (κ1) is 14.1. The molecule has 6 heteroatoms. The number of benzene rings is 2. The summed E-state index contributed by atoms with van der Waals surface area (Å²) >= 11 is 0. The van der Waals surface area contributed by atoms with Crippen molar-refractivity contribution in [3.63, 3.8) is 0 Å². The fraction of sp³-hybridized carbons (Fsp3) is 0. The second-order valence-electron chi connectivity index (χ2n) is 4.69. The summed E-state index contributed by atoms with van der Waals surface area (Å²) < 4.78 is 40.8. The number of para-hydroxylation sites is 1. The first-order chi connectivity index (χ1) is 10.5. The molecule has 22 heavy (non-hydrogen) atoms. The lowest BCUT2D eigenvalue weighted by molar-refractivity contribution is 0.100. The number of carbonyl (C=O) groups is 1. The fourth-order valence-corrected chi connectivity index (χ4v) is 2.24. The summed E-state index contributed by atoms with van der Waals surface area (Å²) in [6, 6.07) is 9.38. The Morgan fingerprint density at radius 1 is 1.05 bits per heavy atom. The van der Waals surface area contributed by atoms with Gasteiger partial charge < -0.3 is 5.73 Å². The number of amides is 1. The van der Waals surface area contributed by atoms with Crippen LogP contribution in [0.4, 0.5) is 13.2 Å². The highest BCUT2D eigenvalue weighted by atomic mass is 19.2. The number of nitrogens with two attached hydrogens (primary N) is 1. The highest BCUT2D eigenvalue weighted by molar-refractivity contribution is 6.02. The first-order valence-corrected chi connectivity index (χ1v) is 6.32. The van der Waals surface area contributed by atoms with E-state index in [1.165, 1.54) is 6.07 Å². The molecule has 1 heterocycles. The van der Waals surface area contributed by atoms with Crippen LogP contribution >= 0.6 is 0 Å². The van der Waals surface area contributed by atoms with Gasteiger partial charge in [0, 0.05) is 17.0 Å². The Morgan fingerprint density at radius 2 is 1.77 bits per heavy atom. The molecule has 3 nitrogen and oxygen atoms in total. The van der Waals surface area contributed by atoms with E-state index in [2.05, 4.69) is 4.98 Å². The average molecular weight is 302 g/mol. The molecule has 0 saturated heterocycles. The Hall–Kier alpha value is -2.89. The van der Waals surface area contributed by atoms with Crippen molar-refractivity contribution in [2.45, 2.75) is 0 Å². The van der Waals surface area contributed by atoms with Crippen LogP contribution in [0.5, 0.6) is 0 Å². The molecule has 0 saturated carbocycles. The summed E-state index contributed by atoms with van der Waals surface area (Å²) in [5, 5.41) is 0.609. The summed E-state index contributed by atoms with van der Waals surface area (Å²) in [5.74, 6) is -4.48. The highest BCUT2D eigenvalue weighted by Gasteiger charge is 2.20. The lowest BCUT2D eigenvalue weighted by atomic mass is 10.0. The van der Waals surface area contributed by atoms with Gasteiger partial charge in [-0.05, 0) is 18.2 Å². The minimum Gasteiger partial charge on any atom is -0.366 e. The van der Waals surface area contributed by atoms with Gasteiger partial charge in [-0.15, -0.1) is 0 Å². The quantitative estimate of drug-likeness (QED) is 0.737. The Kier molecular flexibility index (Phi) is 3.29. The molecule has 0 aliphatic carbocycles. The number of fused-ring (bicyclic) bond motifs is 1. The topological polar surface area (TPSA) is 56.0 Å². The van der Waals surface area contributed by atoms with Crippen molar-refractivity contribution >= 4 is 16.8 Å². The van der Waals surface area contributed by atoms with Crippen molar-refractivity contribution in [3.8, 4) is 11.3 Å². The summed E-state index contributed by atoms with van der Waals surface area (Å²) in [6.07, 6.45) is 0. The highest BCUT2D eigenvalue weighted by Crippen LogP contribution is 2.29. The Labute approximate surface area is 123 Å². The van der Waals surface area contributed by atoms with Crippen LogP contribution in [0.25, 0.3) is 22.2 Å². The lowest BCUT2D eigenvalue weighted by Crippen LogP contribution is -2.14. The minimum atomic E-state index is -1.36. The van der Waals surface area contributed by atoms with E-state index in [-0.39, 0.29) is 11.3 Å². The van der Waals surface area contributed by atoms with Crippen molar-refractivity contribution in [2.24, 2.45) is 5.73 Å². The zero-order chi connectivity index (χ0) is 15.9. The van der Waals surface area contributed by atoms with Gasteiger partial charge in [0.25, 0.3) is 5.91 Å². The monoisotopic (exact) mass is 302 g/mol. The molecule has 3 rings (SSSR count). The molecule has 0 spiro atoms. The molecular weight excluding hydrogens is 293 g/mol. The molecule has 0 aliphatic rings. The molecule has 0 fully saturated rings. The molecule has 0 unspecified atom stereocenters. The SMILES string of the molecule is NC(=O)c1cc2ccccc2nc1-c1cc(F)cc(F)c1F. The van der Waals surface area contributed by atoms with Crippen LogP contribution in [0.1, 0.15) is 10.4 Å². The maximum atomic E-state index is 14.0. The van der Waals surface area contributed by atoms with Crippen molar-refractivity contribution in [2.75, 3.05) is 0 Å². The molecular formula is C16H9F3N2O. The zero-order valence-corrected chi connectivity index (χ0v) is 11.1. The molecule has 0 radical (unpaired) electrons. The zero-order valence-electron chi connectivity index (χ0n) is 11.1. The number of halogens is 3. The maximum absolute atomic E-state index is 14.0. The summed E-state index contributed by atoms with van der Waals surface area (Å²) in [6.45, 7) is 0. The lowest BCUT2D eigenvalue weighted by Gasteiger charge is -2.10.